The number of fused-ring (bicyclic) bond motifs is 1. The molecule has 7 amide bonds. The van der Waals surface area contributed by atoms with E-state index in [2.05, 4.69) is 36.7 Å². The first-order valence-electron chi connectivity index (χ1n) is 28.1. The van der Waals surface area contributed by atoms with Crippen LogP contribution >= 0.6 is 11.8 Å². The summed E-state index contributed by atoms with van der Waals surface area (Å²) in [6.45, 7) is 13.9. The first-order chi connectivity index (χ1) is 38.0. The molecule has 3 saturated heterocycles. The van der Waals surface area contributed by atoms with Crippen LogP contribution in [0.3, 0.4) is 0 Å². The largest absolute Gasteiger partial charge is 0.479 e. The van der Waals surface area contributed by atoms with Gasteiger partial charge in [-0.15, -0.1) is 11.8 Å². The van der Waals surface area contributed by atoms with E-state index < -0.39 is 142 Å². The van der Waals surface area contributed by atoms with Crippen LogP contribution in [0.4, 0.5) is 10.5 Å². The van der Waals surface area contributed by atoms with Gasteiger partial charge < -0.3 is 60.0 Å². The lowest BCUT2D eigenvalue weighted by Gasteiger charge is -2.42. The Morgan fingerprint density at radius 3 is 2.31 bits per heavy atom. The summed E-state index contributed by atoms with van der Waals surface area (Å²) in [6, 6.07) is 0.193. The molecular weight excluding hydrogens is 1100 g/mol. The zero-order valence-electron chi connectivity index (χ0n) is 48.0. The number of likely N-dealkylation sites (tertiary alicyclic amines) is 2. The van der Waals surface area contributed by atoms with Gasteiger partial charge in [-0.25, -0.2) is 9.59 Å². The van der Waals surface area contributed by atoms with Crippen molar-refractivity contribution in [1.82, 2.24) is 25.3 Å². The number of carbonyl (C=O) groups excluding carboxylic acids is 7. The number of aliphatic hydroxyl groups excluding tert-OH is 2. The second kappa shape index (κ2) is 27.2. The van der Waals surface area contributed by atoms with Crippen LogP contribution in [-0.2, 0) is 75.7 Å². The average Bonchev–Trinajstić information content (AvgIpc) is 3.01. The summed E-state index contributed by atoms with van der Waals surface area (Å²) >= 11 is 1.26. The fourth-order valence-electron chi connectivity index (χ4n) is 12.0. The molecule has 3 aliphatic heterocycles. The summed E-state index contributed by atoms with van der Waals surface area (Å²) in [4.78, 5) is 110. The molecule has 24 nitrogen and oxygen atoms in total. The lowest BCUT2D eigenvalue weighted by molar-refractivity contribution is -0.209. The van der Waals surface area contributed by atoms with Crippen molar-refractivity contribution >= 4 is 75.1 Å². The van der Waals surface area contributed by atoms with Gasteiger partial charge in [-0.1, -0.05) is 61.0 Å². The van der Waals surface area contributed by atoms with Crippen molar-refractivity contribution < 1.29 is 85.6 Å². The number of amides is 7. The maximum Gasteiger partial charge on any atom is 0.409 e. The van der Waals surface area contributed by atoms with Gasteiger partial charge in [0.05, 0.1) is 67.3 Å². The van der Waals surface area contributed by atoms with Crippen LogP contribution in [0.1, 0.15) is 124 Å². The lowest BCUT2D eigenvalue weighted by atomic mass is 9.71. The number of nitrogens with one attached hydrogen (secondary N) is 3. The third kappa shape index (κ3) is 16.0. The van der Waals surface area contributed by atoms with Crippen LogP contribution in [0.5, 0.6) is 0 Å². The Balaban J connectivity index is 1.09. The first-order valence-corrected chi connectivity index (χ1v) is 30.7. The molecule has 26 heteroatoms. The molecule has 2 aliphatic carbocycles. The van der Waals surface area contributed by atoms with Gasteiger partial charge in [0.15, 0.2) is 6.10 Å². The number of aliphatic carboxylic acids is 1. The van der Waals surface area contributed by atoms with Gasteiger partial charge in [-0.3, -0.25) is 38.2 Å². The molecule has 6 rings (SSSR count). The maximum absolute atomic E-state index is 13.9. The smallest absolute Gasteiger partial charge is 0.409 e. The van der Waals surface area contributed by atoms with Gasteiger partial charge in [0.25, 0.3) is 10.1 Å². The third-order valence-corrected chi connectivity index (χ3v) is 18.9. The number of carboxylic acid groups (broad SMARTS) is 1. The topological polar surface area (TPSA) is 334 Å². The summed E-state index contributed by atoms with van der Waals surface area (Å²) in [7, 11) is -2.76. The summed E-state index contributed by atoms with van der Waals surface area (Å²) in [6.07, 6.45) is 0.267. The number of imide groups is 1. The minimum absolute atomic E-state index is 0.0680. The van der Waals surface area contributed by atoms with Crippen molar-refractivity contribution in [2.45, 2.75) is 186 Å². The fraction of sp³-hybridized carbons (Fsp3) is 0.745. The van der Waals surface area contributed by atoms with Crippen LogP contribution in [0, 0.1) is 22.7 Å². The standard InChI is InChI=1S/C55H84N6O18S2/c1-10-16-55(18-17-53(7)29-54(53,8)30-55)78-20-19-59(9)52(72)77-27-35-12-14-36(23-34(35)13-15-39-44(64)32(5)45(65)46(79-39)51(70)71)57-47(66)33(6)56-48(67)43(31(3)4)58-41(62)26-60-37(28-76-21-22-81(73,74)75)24-38(49(60)68)61-42(63)25-40(50(61)69)80-11-2/h12,14,23,31-33,37-40,43-46,64-65H,10-11,13,15-22,24-30H2,1-9H3,(H,56,67)(H,57,66)(H,58,62)(H,70,71)(H,73,74,75)/t32-,33+,37+,38+,39+,40?,43+,44-,45+,46+,53?,54?,55?/m1/s1. The molecule has 2 saturated carbocycles. The molecule has 0 bridgehead atoms. The Bertz CT molecular complexity index is 2610. The molecule has 5 fully saturated rings. The number of rotatable bonds is 28. The normalized spacial score (nSPS) is 30.0. The van der Waals surface area contributed by atoms with Crippen molar-refractivity contribution in [3.63, 3.8) is 0 Å². The van der Waals surface area contributed by atoms with E-state index in [1.165, 1.54) is 36.9 Å². The molecule has 454 valence electrons. The van der Waals surface area contributed by atoms with Gasteiger partial charge in [0.2, 0.25) is 35.4 Å². The summed E-state index contributed by atoms with van der Waals surface area (Å²) < 4.78 is 55.3. The molecule has 4 unspecified atom stereocenters. The quantitative estimate of drug-likeness (QED) is 0.0360. The van der Waals surface area contributed by atoms with Crippen molar-refractivity contribution in [1.29, 1.82) is 0 Å². The van der Waals surface area contributed by atoms with Crippen LogP contribution in [0.2, 0.25) is 0 Å². The highest BCUT2D eigenvalue weighted by atomic mass is 32.2. The highest BCUT2D eigenvalue weighted by Gasteiger charge is 2.66. The number of nitrogens with zero attached hydrogens (tertiary/aromatic N) is 3. The van der Waals surface area contributed by atoms with Gasteiger partial charge in [0.1, 0.15) is 24.7 Å². The number of hydrogen-bond acceptors (Lipinski definition) is 17. The molecule has 81 heavy (non-hydrogen) atoms. The van der Waals surface area contributed by atoms with Crippen LogP contribution in [0.25, 0.3) is 0 Å². The Labute approximate surface area is 478 Å². The molecule has 0 spiro atoms. The zero-order chi connectivity index (χ0) is 59.9. The number of ether oxygens (including phenoxy) is 4. The van der Waals surface area contributed by atoms with E-state index in [1.807, 2.05) is 6.92 Å². The number of benzene rings is 1. The van der Waals surface area contributed by atoms with Gasteiger partial charge in [-0.2, -0.15) is 8.42 Å². The Morgan fingerprint density at radius 2 is 1.67 bits per heavy atom. The number of aliphatic hydroxyl groups is 2. The Morgan fingerprint density at radius 1 is 0.951 bits per heavy atom. The lowest BCUT2D eigenvalue weighted by Crippen LogP contribution is -2.56. The van der Waals surface area contributed by atoms with Crippen LogP contribution in [-0.4, -0.2) is 201 Å². The molecule has 0 aromatic heterocycles. The highest BCUT2D eigenvalue weighted by Crippen LogP contribution is 2.73. The molecule has 5 aliphatic rings. The van der Waals surface area contributed by atoms with E-state index in [1.54, 1.807) is 39.1 Å². The van der Waals surface area contributed by atoms with E-state index in [9.17, 15) is 66.6 Å². The summed E-state index contributed by atoms with van der Waals surface area (Å²) in [5.41, 5.74) is 1.71. The van der Waals surface area contributed by atoms with E-state index in [-0.39, 0.29) is 62.1 Å². The number of likely N-dealkylation sites (N-methyl/N-ethyl adjacent to an activating group) is 1. The molecule has 1 aromatic carbocycles. The van der Waals surface area contributed by atoms with E-state index in [0.717, 1.165) is 41.9 Å². The maximum atomic E-state index is 13.9. The van der Waals surface area contributed by atoms with Crippen molar-refractivity contribution in [2.24, 2.45) is 22.7 Å². The Kier molecular flexibility index (Phi) is 21.9. The van der Waals surface area contributed by atoms with Crippen molar-refractivity contribution in [3.05, 3.63) is 29.3 Å². The van der Waals surface area contributed by atoms with Crippen molar-refractivity contribution in [2.75, 3.05) is 56.8 Å². The second-order valence-corrected chi connectivity index (χ2v) is 26.6. The Hall–Kier alpha value is -4.96. The number of hydrogen-bond donors (Lipinski definition) is 7. The minimum Gasteiger partial charge on any atom is -0.479 e. The monoisotopic (exact) mass is 1180 g/mol. The number of aryl methyl sites for hydroxylation is 1. The number of carboxylic acids is 1. The molecule has 3 heterocycles. The SMILES string of the molecule is CCCC1(OCCN(C)C(=O)OCc2ccc(NC(=O)[C@H](C)NC(=O)[C@@H](NC(=O)CN3C(=O)[C@@H](N4C(=O)CC(SCC)C4=O)C[C@H]3COCCS(=O)(=O)O)C(C)C)cc2CC[C@@H]2O[C@H](C(=O)O)[C@@H](O)[C@H](C)[C@H]2O)CCC2(C)CC2(C)C1. The highest BCUT2D eigenvalue weighted by molar-refractivity contribution is 8.00. The summed E-state index contributed by atoms with van der Waals surface area (Å²) in [5.74, 6) is -7.04. The van der Waals surface area contributed by atoms with Crippen LogP contribution in [0.15, 0.2) is 18.2 Å². The number of thioether (sulfide) groups is 1. The molecule has 7 N–H and O–H groups in total. The minimum atomic E-state index is -4.39. The first kappa shape index (κ1) is 65.2. The fourth-order valence-corrected chi connectivity index (χ4v) is 13.3. The molecular formula is C55H84N6O18S2. The predicted octanol–water partition coefficient (Wildman–Crippen LogP) is 2.89. The average molecular weight is 1180 g/mol. The van der Waals surface area contributed by atoms with E-state index >= 15 is 0 Å². The molecule has 1 aromatic rings. The summed E-state index contributed by atoms with van der Waals surface area (Å²) in [5, 5.41) is 38.7. The number of anilines is 1. The zero-order valence-corrected chi connectivity index (χ0v) is 49.6. The van der Waals surface area contributed by atoms with Gasteiger partial charge in [-0.05, 0) is 104 Å². The molecule has 13 atom stereocenters. The van der Waals surface area contributed by atoms with Gasteiger partial charge in [0, 0.05) is 31.6 Å². The van der Waals surface area contributed by atoms with Gasteiger partial charge >= 0.3 is 12.1 Å². The van der Waals surface area contributed by atoms with Crippen LogP contribution < -0.4 is 16.0 Å². The number of carbonyl (C=O) groups is 8. The third-order valence-electron chi connectivity index (χ3n) is 17.1. The predicted molar refractivity (Wildman–Crippen MR) is 296 cm³/mol. The second-order valence-electron chi connectivity index (χ2n) is 23.5. The van der Waals surface area contributed by atoms with E-state index in [4.69, 9.17) is 18.9 Å². The molecule has 0 radical (unpaired) electrons. The van der Waals surface area contributed by atoms with E-state index in [0.29, 0.717) is 28.9 Å². The van der Waals surface area contributed by atoms with Crippen molar-refractivity contribution in [3.8, 4) is 0 Å².